The highest BCUT2D eigenvalue weighted by Crippen LogP contribution is 2.27. The summed E-state index contributed by atoms with van der Waals surface area (Å²) in [5.74, 6) is 0. The SMILES string of the molecule is C=C(Cl)CNCc1ccc2c(c1)CCN2C. The smallest absolute Gasteiger partial charge is 0.0397 e. The largest absolute Gasteiger partial charge is 0.374 e. The van der Waals surface area contributed by atoms with Crippen molar-refractivity contribution in [3.05, 3.63) is 40.9 Å². The second-order valence-electron chi connectivity index (χ2n) is 4.26. The molecular weight excluding hydrogens is 220 g/mol. The molecule has 2 rings (SSSR count). The molecule has 0 radical (unpaired) electrons. The average molecular weight is 237 g/mol. The van der Waals surface area contributed by atoms with Gasteiger partial charge in [-0.3, -0.25) is 0 Å². The molecule has 0 atom stereocenters. The number of benzene rings is 1. The summed E-state index contributed by atoms with van der Waals surface area (Å²) in [5, 5.41) is 3.91. The Morgan fingerprint density at radius 3 is 3.12 bits per heavy atom. The third-order valence-corrected chi connectivity index (χ3v) is 3.05. The summed E-state index contributed by atoms with van der Waals surface area (Å²) in [6.45, 7) is 6.30. The fraction of sp³-hybridized carbons (Fsp3) is 0.385. The van der Waals surface area contributed by atoms with Gasteiger partial charge in [-0.15, -0.1) is 0 Å². The molecule has 0 unspecified atom stereocenters. The van der Waals surface area contributed by atoms with Crippen molar-refractivity contribution >= 4 is 17.3 Å². The molecule has 16 heavy (non-hydrogen) atoms. The van der Waals surface area contributed by atoms with E-state index in [0.717, 1.165) is 19.5 Å². The van der Waals surface area contributed by atoms with Crippen molar-refractivity contribution in [2.45, 2.75) is 13.0 Å². The van der Waals surface area contributed by atoms with Gasteiger partial charge in [-0.25, -0.2) is 0 Å². The van der Waals surface area contributed by atoms with Crippen LogP contribution in [-0.2, 0) is 13.0 Å². The lowest BCUT2D eigenvalue weighted by molar-refractivity contribution is 0.754. The zero-order valence-corrected chi connectivity index (χ0v) is 10.3. The summed E-state index contributed by atoms with van der Waals surface area (Å²) in [7, 11) is 2.14. The maximum Gasteiger partial charge on any atom is 0.0397 e. The van der Waals surface area contributed by atoms with Crippen LogP contribution in [0.2, 0.25) is 0 Å². The van der Waals surface area contributed by atoms with Crippen LogP contribution >= 0.6 is 11.6 Å². The van der Waals surface area contributed by atoms with Crippen LogP contribution in [0.15, 0.2) is 29.8 Å². The van der Waals surface area contributed by atoms with E-state index in [2.05, 4.69) is 42.0 Å². The molecule has 0 amide bonds. The molecule has 86 valence electrons. The second-order valence-corrected chi connectivity index (χ2v) is 4.79. The second kappa shape index (κ2) is 4.89. The Hall–Kier alpha value is -0.990. The van der Waals surface area contributed by atoms with Gasteiger partial charge in [-0.1, -0.05) is 30.3 Å². The summed E-state index contributed by atoms with van der Waals surface area (Å²) in [6, 6.07) is 6.66. The number of anilines is 1. The Labute approximate surface area is 102 Å². The third kappa shape index (κ3) is 2.57. The van der Waals surface area contributed by atoms with E-state index < -0.39 is 0 Å². The predicted molar refractivity (Wildman–Crippen MR) is 70.1 cm³/mol. The molecule has 1 aliphatic heterocycles. The van der Waals surface area contributed by atoms with Crippen LogP contribution in [0, 0.1) is 0 Å². The van der Waals surface area contributed by atoms with E-state index >= 15 is 0 Å². The Balaban J connectivity index is 1.99. The minimum atomic E-state index is 0.654. The number of nitrogens with one attached hydrogen (secondary N) is 1. The van der Waals surface area contributed by atoms with Crippen molar-refractivity contribution in [1.29, 1.82) is 0 Å². The molecule has 1 N–H and O–H groups in total. The molecule has 0 saturated heterocycles. The lowest BCUT2D eigenvalue weighted by Crippen LogP contribution is -2.14. The predicted octanol–water partition coefficient (Wildman–Crippen LogP) is 2.52. The monoisotopic (exact) mass is 236 g/mol. The van der Waals surface area contributed by atoms with Crippen LogP contribution in [0.1, 0.15) is 11.1 Å². The van der Waals surface area contributed by atoms with Crippen molar-refractivity contribution in [3.8, 4) is 0 Å². The first kappa shape index (κ1) is 11.5. The topological polar surface area (TPSA) is 15.3 Å². The molecule has 0 bridgehead atoms. The molecule has 1 heterocycles. The zero-order chi connectivity index (χ0) is 11.5. The van der Waals surface area contributed by atoms with Gasteiger partial charge < -0.3 is 10.2 Å². The number of rotatable bonds is 4. The molecule has 1 aromatic carbocycles. The minimum absolute atomic E-state index is 0.654. The summed E-state index contributed by atoms with van der Waals surface area (Å²) in [6.07, 6.45) is 1.15. The molecule has 0 saturated carbocycles. The van der Waals surface area contributed by atoms with E-state index in [4.69, 9.17) is 11.6 Å². The van der Waals surface area contributed by atoms with Gasteiger partial charge in [-0.05, 0) is 23.6 Å². The Morgan fingerprint density at radius 2 is 2.38 bits per heavy atom. The van der Waals surface area contributed by atoms with E-state index in [0.29, 0.717) is 11.6 Å². The first-order valence-electron chi connectivity index (χ1n) is 5.54. The molecule has 0 spiro atoms. The Kier molecular flexibility index (Phi) is 3.52. The van der Waals surface area contributed by atoms with E-state index in [-0.39, 0.29) is 0 Å². The van der Waals surface area contributed by atoms with Gasteiger partial charge in [0.05, 0.1) is 0 Å². The summed E-state index contributed by atoms with van der Waals surface area (Å²) < 4.78 is 0. The standard InChI is InChI=1S/C13H17ClN2/c1-10(14)8-15-9-11-3-4-13-12(7-11)5-6-16(13)2/h3-4,7,15H,1,5-6,8-9H2,2H3. The Morgan fingerprint density at radius 1 is 1.56 bits per heavy atom. The van der Waals surface area contributed by atoms with Crippen LogP contribution < -0.4 is 10.2 Å². The molecule has 0 aliphatic carbocycles. The van der Waals surface area contributed by atoms with Crippen molar-refractivity contribution in [1.82, 2.24) is 5.32 Å². The van der Waals surface area contributed by atoms with Gasteiger partial charge in [0.15, 0.2) is 0 Å². The lowest BCUT2D eigenvalue weighted by atomic mass is 10.1. The minimum Gasteiger partial charge on any atom is -0.374 e. The van der Waals surface area contributed by atoms with E-state index in [1.807, 2.05) is 0 Å². The number of fused-ring (bicyclic) bond motifs is 1. The fourth-order valence-electron chi connectivity index (χ4n) is 2.07. The molecule has 1 aliphatic rings. The maximum atomic E-state index is 5.69. The van der Waals surface area contributed by atoms with Gasteiger partial charge in [0.25, 0.3) is 0 Å². The Bertz CT molecular complexity index is 401. The molecule has 1 aromatic rings. The summed E-state index contributed by atoms with van der Waals surface area (Å²) in [5.41, 5.74) is 4.13. The quantitative estimate of drug-likeness (QED) is 0.864. The summed E-state index contributed by atoms with van der Waals surface area (Å²) >= 11 is 5.69. The normalized spacial score (nSPS) is 14.0. The van der Waals surface area contributed by atoms with Crippen LogP contribution in [0.3, 0.4) is 0 Å². The van der Waals surface area contributed by atoms with Crippen molar-refractivity contribution < 1.29 is 0 Å². The molecule has 0 fully saturated rings. The number of nitrogens with zero attached hydrogens (tertiary/aromatic N) is 1. The van der Waals surface area contributed by atoms with Gasteiger partial charge >= 0.3 is 0 Å². The van der Waals surface area contributed by atoms with Gasteiger partial charge in [0.2, 0.25) is 0 Å². The van der Waals surface area contributed by atoms with E-state index in [1.54, 1.807) is 0 Å². The van der Waals surface area contributed by atoms with Crippen molar-refractivity contribution in [2.24, 2.45) is 0 Å². The molecular formula is C13H17ClN2. The maximum absolute atomic E-state index is 5.69. The van der Waals surface area contributed by atoms with Gasteiger partial charge in [0, 0.05) is 37.4 Å². The number of hydrogen-bond acceptors (Lipinski definition) is 2. The average Bonchev–Trinajstić information content (AvgIpc) is 2.60. The van der Waals surface area contributed by atoms with Crippen molar-refractivity contribution in [2.75, 3.05) is 25.0 Å². The van der Waals surface area contributed by atoms with Gasteiger partial charge in [-0.2, -0.15) is 0 Å². The van der Waals surface area contributed by atoms with Crippen LogP contribution in [0.4, 0.5) is 5.69 Å². The number of hydrogen-bond donors (Lipinski definition) is 1. The van der Waals surface area contributed by atoms with Crippen molar-refractivity contribution in [3.63, 3.8) is 0 Å². The van der Waals surface area contributed by atoms with Crippen LogP contribution in [0.25, 0.3) is 0 Å². The highest BCUT2D eigenvalue weighted by molar-refractivity contribution is 6.29. The fourth-order valence-corrected chi connectivity index (χ4v) is 2.17. The highest BCUT2D eigenvalue weighted by Gasteiger charge is 2.15. The lowest BCUT2D eigenvalue weighted by Gasteiger charge is -2.12. The number of halogens is 1. The first-order valence-corrected chi connectivity index (χ1v) is 5.91. The first-order chi connectivity index (χ1) is 7.66. The third-order valence-electron chi connectivity index (χ3n) is 2.92. The van der Waals surface area contributed by atoms with E-state index in [1.165, 1.54) is 16.8 Å². The molecule has 2 nitrogen and oxygen atoms in total. The molecule has 0 aromatic heterocycles. The molecule has 3 heteroatoms. The zero-order valence-electron chi connectivity index (χ0n) is 9.59. The van der Waals surface area contributed by atoms with Crippen LogP contribution in [0.5, 0.6) is 0 Å². The number of likely N-dealkylation sites (N-methyl/N-ethyl adjacent to an activating group) is 1. The van der Waals surface area contributed by atoms with Crippen LogP contribution in [-0.4, -0.2) is 20.1 Å². The van der Waals surface area contributed by atoms with E-state index in [9.17, 15) is 0 Å². The highest BCUT2D eigenvalue weighted by atomic mass is 35.5. The summed E-state index contributed by atoms with van der Waals surface area (Å²) in [4.78, 5) is 2.30. The van der Waals surface area contributed by atoms with Gasteiger partial charge in [0.1, 0.15) is 0 Å².